The molecule has 0 saturated carbocycles. The van der Waals surface area contributed by atoms with Crippen LogP contribution >= 0.6 is 0 Å². The van der Waals surface area contributed by atoms with Crippen LogP contribution < -0.4 is 0 Å². The maximum Gasteiger partial charge on any atom is 0.306 e. The largest absolute Gasteiger partial charge is 0.462 e. The van der Waals surface area contributed by atoms with Gasteiger partial charge in [0.25, 0.3) is 0 Å². The SMILES string of the molecule is CC/C=C\C/C=C\C/C=C\C/C=C\C/C=C\CCCCCCCCCC(=O)OCC(COC(=O)CCCCCCC/C=C\C/C=C\CCC)OC(=O)CCCCCCCC/C=C\C/C=C\C/C=C\C/C=C\CC. The van der Waals surface area contributed by atoms with Crippen molar-refractivity contribution in [2.24, 2.45) is 0 Å². The minimum absolute atomic E-state index is 0.0987. The number of unbranched alkanes of at least 4 members (excludes halogenated alkanes) is 19. The van der Waals surface area contributed by atoms with Crippen molar-refractivity contribution in [2.75, 3.05) is 13.2 Å². The lowest BCUT2D eigenvalue weighted by Crippen LogP contribution is -2.30. The standard InChI is InChI=1S/C67H108O6/c1-4-7-10-13-16-19-22-25-27-29-31-32-33-34-36-37-39-42-45-48-51-54-57-60-66(69)72-63-64(62-71-65(68)59-56-53-50-47-44-41-24-21-18-15-12-9-6-3)73-67(70)61-58-55-52-49-46-43-40-38-35-30-28-26-23-20-17-14-11-8-5-2/h7-8,10-12,15-17,19-21,24-28,31-32,34-36,38,64H,4-6,9,13-14,18,22-23,29-30,33,37,39-63H2,1-3H3/b10-7-,11-8-,15-12-,19-16-,20-17-,24-21-,27-25-,28-26-,32-31-,36-34-,38-35-. The van der Waals surface area contributed by atoms with Gasteiger partial charge in [-0.3, -0.25) is 14.4 Å². The summed E-state index contributed by atoms with van der Waals surface area (Å²) in [4.78, 5) is 38.2. The van der Waals surface area contributed by atoms with E-state index in [1.54, 1.807) is 0 Å². The van der Waals surface area contributed by atoms with E-state index in [1.807, 2.05) is 0 Å². The monoisotopic (exact) mass is 1010 g/mol. The van der Waals surface area contributed by atoms with Gasteiger partial charge >= 0.3 is 17.9 Å². The Labute approximate surface area is 449 Å². The summed E-state index contributed by atoms with van der Waals surface area (Å²) in [6.07, 6.45) is 84.4. The van der Waals surface area contributed by atoms with E-state index >= 15 is 0 Å². The number of carbonyl (C=O) groups excluding carboxylic acids is 3. The molecule has 0 aliphatic rings. The number of carbonyl (C=O) groups is 3. The minimum Gasteiger partial charge on any atom is -0.462 e. The van der Waals surface area contributed by atoms with Crippen molar-refractivity contribution < 1.29 is 28.6 Å². The van der Waals surface area contributed by atoms with E-state index < -0.39 is 6.10 Å². The molecule has 1 unspecified atom stereocenters. The normalized spacial score (nSPS) is 13.1. The zero-order valence-corrected chi connectivity index (χ0v) is 47.1. The Morgan fingerprint density at radius 2 is 0.534 bits per heavy atom. The second-order valence-electron chi connectivity index (χ2n) is 19.1. The fraction of sp³-hybridized carbons (Fsp3) is 0.627. The smallest absolute Gasteiger partial charge is 0.306 e. The van der Waals surface area contributed by atoms with Crippen molar-refractivity contribution in [1.29, 1.82) is 0 Å². The number of hydrogen-bond acceptors (Lipinski definition) is 6. The average Bonchev–Trinajstić information content (AvgIpc) is 3.39. The maximum atomic E-state index is 12.9. The van der Waals surface area contributed by atoms with Crippen LogP contribution in [0.4, 0.5) is 0 Å². The summed E-state index contributed by atoms with van der Waals surface area (Å²) in [5.74, 6) is -0.939. The van der Waals surface area contributed by atoms with Crippen LogP contribution in [0.2, 0.25) is 0 Å². The van der Waals surface area contributed by atoms with Crippen LogP contribution in [0.1, 0.15) is 252 Å². The maximum absolute atomic E-state index is 12.9. The number of esters is 3. The lowest BCUT2D eigenvalue weighted by Gasteiger charge is -2.18. The van der Waals surface area contributed by atoms with Crippen LogP contribution in [-0.4, -0.2) is 37.2 Å². The van der Waals surface area contributed by atoms with Gasteiger partial charge in [0.2, 0.25) is 0 Å². The lowest BCUT2D eigenvalue weighted by atomic mass is 10.1. The van der Waals surface area contributed by atoms with Crippen LogP contribution in [0.25, 0.3) is 0 Å². The molecule has 0 aromatic rings. The highest BCUT2D eigenvalue weighted by atomic mass is 16.6. The fourth-order valence-corrected chi connectivity index (χ4v) is 7.73. The summed E-state index contributed by atoms with van der Waals surface area (Å²) in [5.41, 5.74) is 0. The van der Waals surface area contributed by atoms with Crippen molar-refractivity contribution >= 4 is 17.9 Å². The van der Waals surface area contributed by atoms with E-state index in [0.29, 0.717) is 19.3 Å². The first-order chi connectivity index (χ1) is 36.0. The predicted molar refractivity (Wildman–Crippen MR) is 316 cm³/mol. The predicted octanol–water partition coefficient (Wildman–Crippen LogP) is 20.2. The first-order valence-electron chi connectivity index (χ1n) is 29.7. The number of hydrogen-bond donors (Lipinski definition) is 0. The lowest BCUT2D eigenvalue weighted by molar-refractivity contribution is -0.167. The average molecular weight is 1010 g/mol. The highest BCUT2D eigenvalue weighted by Gasteiger charge is 2.19. The third-order valence-corrected chi connectivity index (χ3v) is 12.1. The van der Waals surface area contributed by atoms with Gasteiger partial charge in [0.15, 0.2) is 6.10 Å². The van der Waals surface area contributed by atoms with Crippen LogP contribution in [0.3, 0.4) is 0 Å². The van der Waals surface area contributed by atoms with Crippen molar-refractivity contribution in [2.45, 2.75) is 258 Å². The summed E-state index contributed by atoms with van der Waals surface area (Å²) in [6.45, 7) is 6.31. The summed E-state index contributed by atoms with van der Waals surface area (Å²) < 4.78 is 16.9. The number of ether oxygens (including phenoxy) is 3. The van der Waals surface area contributed by atoms with Crippen molar-refractivity contribution in [1.82, 2.24) is 0 Å². The molecule has 73 heavy (non-hydrogen) atoms. The second kappa shape index (κ2) is 60.1. The molecular weight excluding hydrogens is 901 g/mol. The third kappa shape index (κ3) is 58.3. The molecule has 6 nitrogen and oxygen atoms in total. The van der Waals surface area contributed by atoms with Gasteiger partial charge in [-0.15, -0.1) is 0 Å². The molecule has 0 aliphatic carbocycles. The number of allylic oxidation sites excluding steroid dienone is 22. The molecule has 0 rings (SSSR count). The Kier molecular flexibility index (Phi) is 56.4. The Morgan fingerprint density at radius 1 is 0.288 bits per heavy atom. The Bertz CT molecular complexity index is 1580. The van der Waals surface area contributed by atoms with Gasteiger partial charge in [0.1, 0.15) is 13.2 Å². The zero-order valence-electron chi connectivity index (χ0n) is 47.1. The minimum atomic E-state index is -0.802. The van der Waals surface area contributed by atoms with E-state index in [9.17, 15) is 14.4 Å². The molecule has 0 N–H and O–H groups in total. The molecule has 0 saturated heterocycles. The first kappa shape index (κ1) is 68.6. The summed E-state index contributed by atoms with van der Waals surface area (Å²) in [6, 6.07) is 0. The van der Waals surface area contributed by atoms with Gasteiger partial charge in [-0.25, -0.2) is 0 Å². The third-order valence-electron chi connectivity index (χ3n) is 12.1. The highest BCUT2D eigenvalue weighted by Crippen LogP contribution is 2.14. The molecule has 0 heterocycles. The zero-order chi connectivity index (χ0) is 52.9. The molecule has 0 amide bonds. The second-order valence-corrected chi connectivity index (χ2v) is 19.1. The summed E-state index contributed by atoms with van der Waals surface area (Å²) >= 11 is 0. The van der Waals surface area contributed by atoms with Gasteiger partial charge in [-0.2, -0.15) is 0 Å². The first-order valence-corrected chi connectivity index (χ1v) is 29.7. The Hall–Kier alpha value is -4.45. The van der Waals surface area contributed by atoms with Crippen LogP contribution in [0.5, 0.6) is 0 Å². The molecule has 6 heteroatoms. The van der Waals surface area contributed by atoms with E-state index in [2.05, 4.69) is 154 Å². The van der Waals surface area contributed by atoms with E-state index in [0.717, 1.165) is 167 Å². The molecular formula is C67H108O6. The molecule has 412 valence electrons. The van der Waals surface area contributed by atoms with Gasteiger partial charge in [-0.05, 0) is 128 Å². The van der Waals surface area contributed by atoms with Gasteiger partial charge in [0, 0.05) is 19.3 Å². The van der Waals surface area contributed by atoms with Crippen LogP contribution in [0.15, 0.2) is 134 Å². The fourth-order valence-electron chi connectivity index (χ4n) is 7.73. The molecule has 0 bridgehead atoms. The molecule has 0 aromatic carbocycles. The van der Waals surface area contributed by atoms with Crippen molar-refractivity contribution in [3.63, 3.8) is 0 Å². The summed E-state index contributed by atoms with van der Waals surface area (Å²) in [5, 5.41) is 0. The van der Waals surface area contributed by atoms with Gasteiger partial charge in [0.05, 0.1) is 0 Å². The van der Waals surface area contributed by atoms with E-state index in [1.165, 1.54) is 44.9 Å². The molecule has 1 atom stereocenters. The summed E-state index contributed by atoms with van der Waals surface area (Å²) in [7, 11) is 0. The Balaban J connectivity index is 4.43. The van der Waals surface area contributed by atoms with Crippen LogP contribution in [-0.2, 0) is 28.6 Å². The molecule has 0 radical (unpaired) electrons. The highest BCUT2D eigenvalue weighted by molar-refractivity contribution is 5.71. The number of rotatable bonds is 52. The molecule has 0 aliphatic heterocycles. The Morgan fingerprint density at radius 3 is 0.836 bits per heavy atom. The molecule has 0 aromatic heterocycles. The van der Waals surface area contributed by atoms with Gasteiger partial charge in [-0.1, -0.05) is 238 Å². The van der Waals surface area contributed by atoms with Crippen molar-refractivity contribution in [3.05, 3.63) is 134 Å². The molecule has 0 spiro atoms. The van der Waals surface area contributed by atoms with Crippen LogP contribution in [0, 0.1) is 0 Å². The van der Waals surface area contributed by atoms with Gasteiger partial charge < -0.3 is 14.2 Å². The topological polar surface area (TPSA) is 78.9 Å². The van der Waals surface area contributed by atoms with E-state index in [-0.39, 0.29) is 31.1 Å². The van der Waals surface area contributed by atoms with E-state index in [4.69, 9.17) is 14.2 Å². The molecule has 0 fully saturated rings. The quantitative estimate of drug-likeness (QED) is 0.0261. The van der Waals surface area contributed by atoms with Crippen molar-refractivity contribution in [3.8, 4) is 0 Å².